The SMILES string of the molecule is O=C(N[C@H]1CCO[C@]2(CCN(CCOCc3ccccc3)C2)C1)C1CC1.O=C(O)C(F)(F)F. The van der Waals surface area contributed by atoms with Crippen LogP contribution in [-0.2, 0) is 25.7 Å². The number of ether oxygens (including phenoxy) is 2. The van der Waals surface area contributed by atoms with Crippen molar-refractivity contribution >= 4 is 11.9 Å². The first-order valence-electron chi connectivity index (χ1n) is 11.3. The third-order valence-corrected chi connectivity index (χ3v) is 6.09. The summed E-state index contributed by atoms with van der Waals surface area (Å²) in [6, 6.07) is 10.6. The Hall–Kier alpha value is -2.17. The highest BCUT2D eigenvalue weighted by Gasteiger charge is 2.44. The summed E-state index contributed by atoms with van der Waals surface area (Å²) in [5, 5.41) is 10.4. The summed E-state index contributed by atoms with van der Waals surface area (Å²) >= 11 is 0. The Bertz CT molecular complexity index is 788. The molecule has 3 fully saturated rings. The number of carbonyl (C=O) groups excluding carboxylic acids is 1. The minimum atomic E-state index is -5.08. The van der Waals surface area contributed by atoms with Crippen molar-refractivity contribution in [2.75, 3.05) is 32.8 Å². The lowest BCUT2D eigenvalue weighted by molar-refractivity contribution is -0.192. The molecule has 4 rings (SSSR count). The molecule has 2 heterocycles. The van der Waals surface area contributed by atoms with Gasteiger partial charge in [0.05, 0.1) is 18.8 Å². The molecule has 0 radical (unpaired) electrons. The number of nitrogens with zero attached hydrogens (tertiary/aromatic N) is 1. The summed E-state index contributed by atoms with van der Waals surface area (Å²) < 4.78 is 43.7. The largest absolute Gasteiger partial charge is 0.490 e. The summed E-state index contributed by atoms with van der Waals surface area (Å²) in [7, 11) is 0. The van der Waals surface area contributed by atoms with Crippen molar-refractivity contribution in [1.82, 2.24) is 10.2 Å². The average Bonchev–Trinajstić information content (AvgIpc) is 3.55. The maximum absolute atomic E-state index is 12.1. The summed E-state index contributed by atoms with van der Waals surface area (Å²) in [5.74, 6) is -2.21. The number of hydrogen-bond acceptors (Lipinski definition) is 5. The first-order valence-corrected chi connectivity index (χ1v) is 11.3. The van der Waals surface area contributed by atoms with Crippen LogP contribution in [0.1, 0.15) is 37.7 Å². The van der Waals surface area contributed by atoms with Gasteiger partial charge in [-0.15, -0.1) is 0 Å². The summed E-state index contributed by atoms with van der Waals surface area (Å²) in [5.41, 5.74) is 1.15. The number of carbonyl (C=O) groups is 2. The van der Waals surface area contributed by atoms with Gasteiger partial charge in [0, 0.05) is 38.2 Å². The van der Waals surface area contributed by atoms with E-state index in [0.29, 0.717) is 6.61 Å². The second-order valence-electron chi connectivity index (χ2n) is 8.87. The number of rotatable bonds is 7. The lowest BCUT2D eigenvalue weighted by Crippen LogP contribution is -2.50. The highest BCUT2D eigenvalue weighted by atomic mass is 19.4. The van der Waals surface area contributed by atoms with Crippen LogP contribution in [0.3, 0.4) is 0 Å². The first kappa shape index (κ1) is 25.5. The smallest absolute Gasteiger partial charge is 0.475 e. The van der Waals surface area contributed by atoms with Crippen molar-refractivity contribution in [1.29, 1.82) is 0 Å². The van der Waals surface area contributed by atoms with E-state index in [2.05, 4.69) is 22.3 Å². The maximum Gasteiger partial charge on any atom is 0.490 e. The van der Waals surface area contributed by atoms with E-state index >= 15 is 0 Å². The van der Waals surface area contributed by atoms with Gasteiger partial charge in [0.15, 0.2) is 0 Å². The van der Waals surface area contributed by atoms with Gasteiger partial charge in [-0.3, -0.25) is 9.69 Å². The van der Waals surface area contributed by atoms with E-state index in [1.165, 1.54) is 5.56 Å². The Balaban J connectivity index is 0.000000383. The fourth-order valence-corrected chi connectivity index (χ4v) is 4.18. The van der Waals surface area contributed by atoms with Crippen LogP contribution < -0.4 is 5.32 Å². The zero-order valence-corrected chi connectivity index (χ0v) is 18.5. The van der Waals surface area contributed by atoms with E-state index in [9.17, 15) is 18.0 Å². The Labute approximate surface area is 191 Å². The monoisotopic (exact) mass is 472 g/mol. The quantitative estimate of drug-likeness (QED) is 0.594. The number of carboxylic acids is 1. The lowest BCUT2D eigenvalue weighted by Gasteiger charge is -2.38. The van der Waals surface area contributed by atoms with Crippen molar-refractivity contribution in [2.24, 2.45) is 5.92 Å². The van der Waals surface area contributed by atoms with Crippen molar-refractivity contribution < 1.29 is 37.3 Å². The number of alkyl halides is 3. The Kier molecular flexibility index (Phi) is 8.72. The van der Waals surface area contributed by atoms with Crippen LogP contribution in [0.4, 0.5) is 13.2 Å². The van der Waals surface area contributed by atoms with Gasteiger partial charge in [0.1, 0.15) is 0 Å². The number of likely N-dealkylation sites (tertiary alicyclic amines) is 1. The van der Waals surface area contributed by atoms with Gasteiger partial charge in [-0.05, 0) is 37.7 Å². The molecule has 2 saturated heterocycles. The van der Waals surface area contributed by atoms with Gasteiger partial charge in [0.25, 0.3) is 0 Å². The van der Waals surface area contributed by atoms with Gasteiger partial charge < -0.3 is 19.9 Å². The normalized spacial score (nSPS) is 25.4. The molecule has 1 aromatic rings. The zero-order chi connectivity index (χ0) is 23.9. The van der Waals surface area contributed by atoms with Crippen LogP contribution in [0, 0.1) is 5.92 Å². The topological polar surface area (TPSA) is 88.1 Å². The third kappa shape index (κ3) is 8.28. The number of nitrogens with one attached hydrogen (secondary N) is 1. The van der Waals surface area contributed by atoms with E-state index in [0.717, 1.165) is 65.0 Å². The van der Waals surface area contributed by atoms with Crippen LogP contribution in [0.2, 0.25) is 0 Å². The summed E-state index contributed by atoms with van der Waals surface area (Å²) in [6.07, 6.45) is 0.00260. The molecule has 1 aromatic carbocycles. The van der Waals surface area contributed by atoms with Crippen LogP contribution >= 0.6 is 0 Å². The predicted octanol–water partition coefficient (Wildman–Crippen LogP) is 2.99. The van der Waals surface area contributed by atoms with Gasteiger partial charge in [0.2, 0.25) is 5.91 Å². The highest BCUT2D eigenvalue weighted by molar-refractivity contribution is 5.81. The zero-order valence-electron chi connectivity index (χ0n) is 18.5. The molecular formula is C23H31F3N2O5. The minimum absolute atomic E-state index is 0.0703. The van der Waals surface area contributed by atoms with Gasteiger partial charge in [-0.1, -0.05) is 30.3 Å². The molecule has 1 saturated carbocycles. The number of hydrogen-bond donors (Lipinski definition) is 2. The molecule has 0 bridgehead atoms. The van der Waals surface area contributed by atoms with Crippen LogP contribution in [0.25, 0.3) is 0 Å². The Morgan fingerprint density at radius 2 is 1.91 bits per heavy atom. The molecule has 2 aliphatic heterocycles. The average molecular weight is 473 g/mol. The van der Waals surface area contributed by atoms with Crippen molar-refractivity contribution in [3.63, 3.8) is 0 Å². The van der Waals surface area contributed by atoms with Crippen molar-refractivity contribution in [3.05, 3.63) is 35.9 Å². The van der Waals surface area contributed by atoms with E-state index in [1.54, 1.807) is 0 Å². The molecule has 2 N–H and O–H groups in total. The molecule has 1 spiro atoms. The minimum Gasteiger partial charge on any atom is -0.475 e. The fraction of sp³-hybridized carbons (Fsp3) is 0.652. The van der Waals surface area contributed by atoms with E-state index in [-0.39, 0.29) is 23.5 Å². The molecule has 0 aromatic heterocycles. The molecule has 2 atom stereocenters. The molecule has 1 aliphatic carbocycles. The summed E-state index contributed by atoms with van der Waals surface area (Å²) in [6.45, 7) is 5.12. The van der Waals surface area contributed by atoms with Crippen LogP contribution in [-0.4, -0.2) is 72.6 Å². The van der Waals surface area contributed by atoms with Crippen LogP contribution in [0.15, 0.2) is 30.3 Å². The fourth-order valence-electron chi connectivity index (χ4n) is 4.18. The Morgan fingerprint density at radius 3 is 2.55 bits per heavy atom. The van der Waals surface area contributed by atoms with E-state index in [4.69, 9.17) is 19.4 Å². The molecule has 3 aliphatic rings. The predicted molar refractivity (Wildman–Crippen MR) is 113 cm³/mol. The number of carboxylic acid groups (broad SMARTS) is 1. The number of halogens is 3. The Morgan fingerprint density at radius 1 is 1.21 bits per heavy atom. The first-order chi connectivity index (χ1) is 15.7. The molecule has 33 heavy (non-hydrogen) atoms. The lowest BCUT2D eigenvalue weighted by atomic mass is 9.89. The standard InChI is InChI=1S/C21H30N2O3.C2HF3O2/c24-20(18-6-7-18)22-19-8-12-26-21(14-19)9-10-23(16-21)11-13-25-15-17-4-2-1-3-5-17;3-2(4,5)1(6)7/h1-5,18-19H,6-16H2,(H,22,24);(H,6,7)/t19-,21+;/m0./s1. The molecular weight excluding hydrogens is 441 g/mol. The number of aliphatic carboxylic acids is 1. The number of amides is 1. The maximum atomic E-state index is 12.1. The van der Waals surface area contributed by atoms with E-state index < -0.39 is 12.1 Å². The van der Waals surface area contributed by atoms with Gasteiger partial charge in [-0.2, -0.15) is 13.2 Å². The number of benzene rings is 1. The molecule has 1 amide bonds. The van der Waals surface area contributed by atoms with Crippen molar-refractivity contribution in [2.45, 2.75) is 56.5 Å². The second kappa shape index (κ2) is 11.3. The second-order valence-corrected chi connectivity index (χ2v) is 8.87. The summed E-state index contributed by atoms with van der Waals surface area (Å²) in [4.78, 5) is 23.4. The van der Waals surface area contributed by atoms with Gasteiger partial charge in [-0.25, -0.2) is 4.79 Å². The van der Waals surface area contributed by atoms with E-state index in [1.807, 2.05) is 18.2 Å². The van der Waals surface area contributed by atoms with Crippen molar-refractivity contribution in [3.8, 4) is 0 Å². The molecule has 10 heteroatoms. The van der Waals surface area contributed by atoms with Crippen LogP contribution in [0.5, 0.6) is 0 Å². The third-order valence-electron chi connectivity index (χ3n) is 6.09. The highest BCUT2D eigenvalue weighted by Crippen LogP contribution is 2.35. The molecule has 184 valence electrons. The molecule has 7 nitrogen and oxygen atoms in total. The van der Waals surface area contributed by atoms with Gasteiger partial charge >= 0.3 is 12.1 Å². The molecule has 0 unspecified atom stereocenters.